The highest BCUT2D eigenvalue weighted by Gasteiger charge is 2.37. The fourth-order valence-corrected chi connectivity index (χ4v) is 4.71. The monoisotopic (exact) mass is 331 g/mol. The molecule has 0 N–H and O–H groups in total. The molecule has 1 heterocycles. The number of hydrogen-bond donors (Lipinski definition) is 0. The van der Waals surface area contributed by atoms with Gasteiger partial charge in [0.25, 0.3) is 0 Å². The summed E-state index contributed by atoms with van der Waals surface area (Å²) in [4.78, 5) is 0.386. The molecule has 1 fully saturated rings. The van der Waals surface area contributed by atoms with Crippen molar-refractivity contribution in [2.75, 3.05) is 13.1 Å². The fourth-order valence-electron chi connectivity index (χ4n) is 3.26. The summed E-state index contributed by atoms with van der Waals surface area (Å²) < 4.78 is 27.4. The molecule has 4 heteroatoms. The van der Waals surface area contributed by atoms with Crippen LogP contribution < -0.4 is 0 Å². The van der Waals surface area contributed by atoms with Crippen molar-refractivity contribution < 1.29 is 8.42 Å². The first-order valence-corrected chi connectivity index (χ1v) is 9.61. The summed E-state index contributed by atoms with van der Waals surface area (Å²) in [6.07, 6.45) is 6.71. The highest BCUT2D eigenvalue weighted by Crippen LogP contribution is 2.39. The van der Waals surface area contributed by atoms with Crippen LogP contribution >= 0.6 is 0 Å². The maximum absolute atomic E-state index is 12.9. The van der Waals surface area contributed by atoms with Gasteiger partial charge >= 0.3 is 0 Å². The second kappa shape index (κ2) is 5.60. The molecule has 0 amide bonds. The first-order valence-electron chi connectivity index (χ1n) is 8.17. The van der Waals surface area contributed by atoms with Gasteiger partial charge in [-0.25, -0.2) is 8.42 Å². The van der Waals surface area contributed by atoms with Crippen molar-refractivity contribution in [3.63, 3.8) is 0 Å². The lowest BCUT2D eigenvalue weighted by molar-refractivity contribution is 0.367. The largest absolute Gasteiger partial charge is 0.243 e. The molecule has 3 nitrogen and oxygen atoms in total. The Labute approximate surface area is 139 Å². The topological polar surface area (TPSA) is 37.4 Å². The molecule has 0 bridgehead atoms. The molecule has 2 atom stereocenters. The highest BCUT2D eigenvalue weighted by atomic mass is 32.2. The van der Waals surface area contributed by atoms with Crippen LogP contribution in [-0.2, 0) is 10.0 Å². The van der Waals surface area contributed by atoms with E-state index in [1.54, 1.807) is 16.4 Å². The molecule has 0 radical (unpaired) electrons. The number of hydrogen-bond acceptors (Lipinski definition) is 2. The van der Waals surface area contributed by atoms with Crippen LogP contribution in [0.15, 0.2) is 53.0 Å². The van der Waals surface area contributed by atoms with Crippen molar-refractivity contribution in [1.82, 2.24) is 4.31 Å². The zero-order valence-electron chi connectivity index (χ0n) is 14.3. The Morgan fingerprint density at radius 2 is 1.78 bits per heavy atom. The van der Waals surface area contributed by atoms with E-state index in [0.29, 0.717) is 23.9 Å². The van der Waals surface area contributed by atoms with E-state index in [2.05, 4.69) is 39.0 Å². The summed E-state index contributed by atoms with van der Waals surface area (Å²) in [6, 6.07) is 7.11. The van der Waals surface area contributed by atoms with Gasteiger partial charge in [0.05, 0.1) is 4.90 Å². The van der Waals surface area contributed by atoms with E-state index >= 15 is 0 Å². The number of benzene rings is 1. The van der Waals surface area contributed by atoms with Gasteiger partial charge < -0.3 is 0 Å². The van der Waals surface area contributed by atoms with Gasteiger partial charge in [-0.15, -0.1) is 0 Å². The number of fused-ring (bicyclic) bond motifs is 1. The van der Waals surface area contributed by atoms with Crippen molar-refractivity contribution in [3.8, 4) is 0 Å². The van der Waals surface area contributed by atoms with Gasteiger partial charge in [-0.05, 0) is 30.4 Å². The molecule has 124 valence electrons. The predicted molar refractivity (Wildman–Crippen MR) is 93.6 cm³/mol. The first kappa shape index (κ1) is 16.5. The predicted octanol–water partition coefficient (Wildman–Crippen LogP) is 3.77. The molecular formula is C19H25NO2S. The zero-order chi connectivity index (χ0) is 16.8. The van der Waals surface area contributed by atoms with Crippen molar-refractivity contribution in [1.29, 1.82) is 0 Å². The molecule has 0 saturated carbocycles. The molecule has 2 aliphatic rings. The number of aryl methyl sites for hydroxylation is 1. The number of nitrogens with zero attached hydrogens (tertiary/aromatic N) is 1. The highest BCUT2D eigenvalue weighted by molar-refractivity contribution is 7.89. The quantitative estimate of drug-likeness (QED) is 0.774. The molecule has 1 aromatic rings. The van der Waals surface area contributed by atoms with Gasteiger partial charge in [0, 0.05) is 19.0 Å². The third kappa shape index (κ3) is 3.02. The van der Waals surface area contributed by atoms with Crippen LogP contribution in [0.3, 0.4) is 0 Å². The second-order valence-electron chi connectivity index (χ2n) is 7.43. The molecule has 3 rings (SSSR count). The van der Waals surface area contributed by atoms with Gasteiger partial charge in [-0.3, -0.25) is 0 Å². The Kier molecular flexibility index (Phi) is 4.01. The Morgan fingerprint density at radius 3 is 2.43 bits per heavy atom. The van der Waals surface area contributed by atoms with Crippen LogP contribution in [0.2, 0.25) is 0 Å². The van der Waals surface area contributed by atoms with Crippen LogP contribution in [0.1, 0.15) is 26.3 Å². The Bertz CT molecular complexity index is 757. The summed E-state index contributed by atoms with van der Waals surface area (Å²) in [5, 5.41) is 0. The van der Waals surface area contributed by atoms with Crippen molar-refractivity contribution in [2.45, 2.75) is 32.6 Å². The molecule has 1 aromatic carbocycles. The average molecular weight is 331 g/mol. The third-order valence-corrected chi connectivity index (χ3v) is 7.08. The van der Waals surface area contributed by atoms with Gasteiger partial charge in [-0.1, -0.05) is 62.3 Å². The van der Waals surface area contributed by atoms with Crippen molar-refractivity contribution in [2.24, 2.45) is 17.3 Å². The molecule has 1 saturated heterocycles. The summed E-state index contributed by atoms with van der Waals surface area (Å²) in [5.41, 5.74) is 2.35. The van der Waals surface area contributed by atoms with Crippen LogP contribution in [0.25, 0.3) is 0 Å². The second-order valence-corrected chi connectivity index (χ2v) is 9.37. The first-order chi connectivity index (χ1) is 10.7. The molecular weight excluding hydrogens is 306 g/mol. The average Bonchev–Trinajstić information content (AvgIpc) is 2.84. The lowest BCUT2D eigenvalue weighted by Crippen LogP contribution is -2.29. The number of sulfonamides is 1. The zero-order valence-corrected chi connectivity index (χ0v) is 15.1. The van der Waals surface area contributed by atoms with Crippen LogP contribution in [0.4, 0.5) is 0 Å². The van der Waals surface area contributed by atoms with Crippen LogP contribution in [0.5, 0.6) is 0 Å². The molecule has 1 aliphatic carbocycles. The standard InChI is InChI=1S/C19H25NO2S/c1-14-5-9-18(10-6-14)23(21,22)20-12-16-8-7-15(2)19(3,4)11-17(16)13-20/h5-11,15-16H,12-13H2,1-4H3/t15-,16?/m1/s1. The van der Waals surface area contributed by atoms with E-state index in [-0.39, 0.29) is 11.3 Å². The minimum Gasteiger partial charge on any atom is -0.207 e. The molecule has 0 spiro atoms. The summed E-state index contributed by atoms with van der Waals surface area (Å²) in [7, 11) is -3.42. The Balaban J connectivity index is 1.91. The number of rotatable bonds is 2. The lowest BCUT2D eigenvalue weighted by atomic mass is 9.79. The van der Waals surface area contributed by atoms with Crippen LogP contribution in [0, 0.1) is 24.2 Å². The van der Waals surface area contributed by atoms with Crippen molar-refractivity contribution >= 4 is 10.0 Å². The summed E-state index contributed by atoms with van der Waals surface area (Å²) >= 11 is 0. The normalized spacial score (nSPS) is 27.4. The minimum atomic E-state index is -3.42. The van der Waals surface area contributed by atoms with Gasteiger partial charge in [-0.2, -0.15) is 4.31 Å². The lowest BCUT2D eigenvalue weighted by Gasteiger charge is -2.26. The fraction of sp³-hybridized carbons (Fsp3) is 0.474. The van der Waals surface area contributed by atoms with E-state index in [9.17, 15) is 8.42 Å². The minimum absolute atomic E-state index is 0.0597. The number of allylic oxidation sites excluding steroid dienone is 2. The van der Waals surface area contributed by atoms with Crippen molar-refractivity contribution in [3.05, 3.63) is 53.6 Å². The molecule has 1 unspecified atom stereocenters. The summed E-state index contributed by atoms with van der Waals surface area (Å²) in [5.74, 6) is 0.669. The molecule has 23 heavy (non-hydrogen) atoms. The molecule has 0 aromatic heterocycles. The van der Waals surface area contributed by atoms with E-state index in [1.165, 1.54) is 5.57 Å². The van der Waals surface area contributed by atoms with E-state index in [1.807, 2.05) is 19.1 Å². The third-order valence-electron chi connectivity index (χ3n) is 5.26. The van der Waals surface area contributed by atoms with E-state index in [0.717, 1.165) is 5.56 Å². The molecule has 1 aliphatic heterocycles. The Morgan fingerprint density at radius 1 is 1.13 bits per heavy atom. The summed E-state index contributed by atoms with van der Waals surface area (Å²) in [6.45, 7) is 9.66. The van der Waals surface area contributed by atoms with E-state index < -0.39 is 10.0 Å². The Hall–Kier alpha value is -1.39. The SMILES string of the molecule is Cc1ccc(S(=O)(=O)N2CC3=CC(C)(C)[C@H](C)C=CC3C2)cc1. The maximum atomic E-state index is 12.9. The van der Waals surface area contributed by atoms with Crippen LogP contribution in [-0.4, -0.2) is 25.8 Å². The van der Waals surface area contributed by atoms with Gasteiger partial charge in [0.2, 0.25) is 10.0 Å². The van der Waals surface area contributed by atoms with Gasteiger partial charge in [0.15, 0.2) is 0 Å². The maximum Gasteiger partial charge on any atom is 0.243 e. The van der Waals surface area contributed by atoms with Gasteiger partial charge in [0.1, 0.15) is 0 Å². The smallest absolute Gasteiger partial charge is 0.207 e. The van der Waals surface area contributed by atoms with E-state index in [4.69, 9.17) is 0 Å².